The van der Waals surface area contributed by atoms with Crippen molar-refractivity contribution in [2.45, 2.75) is 110 Å². The lowest BCUT2D eigenvalue weighted by molar-refractivity contribution is -0.124. The third kappa shape index (κ3) is 9.31. The number of carboxylic acid groups (broad SMARTS) is 1. The summed E-state index contributed by atoms with van der Waals surface area (Å²) in [6, 6.07) is 7.39. The Bertz CT molecular complexity index is 1330. The van der Waals surface area contributed by atoms with Gasteiger partial charge >= 0.3 is 5.97 Å². The van der Waals surface area contributed by atoms with Crippen LogP contribution in [0.25, 0.3) is 0 Å². The molecule has 9 heteroatoms. The van der Waals surface area contributed by atoms with Gasteiger partial charge in [-0.05, 0) is 103 Å². The number of aromatic carboxylic acids is 1. The molecular formula is C36H48N2O6S. The predicted octanol–water partition coefficient (Wildman–Crippen LogP) is 7.35. The molecule has 2 aliphatic carbocycles. The maximum absolute atomic E-state index is 14.3. The van der Waals surface area contributed by atoms with Crippen LogP contribution in [0.5, 0.6) is 5.88 Å². The summed E-state index contributed by atoms with van der Waals surface area (Å²) in [6.45, 7) is 8.54. The second-order valence-corrected chi connectivity index (χ2v) is 14.6. The van der Waals surface area contributed by atoms with Crippen LogP contribution in [0, 0.1) is 29.1 Å². The minimum Gasteiger partial charge on any atom is -0.477 e. The predicted molar refractivity (Wildman–Crippen MR) is 176 cm³/mol. The molecule has 3 heterocycles. The minimum absolute atomic E-state index is 0.0177. The first-order chi connectivity index (χ1) is 21.7. The molecular weight excluding hydrogens is 588 g/mol. The highest BCUT2D eigenvalue weighted by Crippen LogP contribution is 2.39. The summed E-state index contributed by atoms with van der Waals surface area (Å²) in [5, 5.41) is 10.3. The summed E-state index contributed by atoms with van der Waals surface area (Å²) in [6.07, 6.45) is 11.4. The molecule has 45 heavy (non-hydrogen) atoms. The van der Waals surface area contributed by atoms with Gasteiger partial charge in [0.05, 0.1) is 16.7 Å². The lowest BCUT2D eigenvalue weighted by Gasteiger charge is -2.39. The molecule has 0 radical (unpaired) electrons. The fraction of sp³-hybridized carbons (Fsp3) is 0.639. The van der Waals surface area contributed by atoms with Crippen LogP contribution in [-0.4, -0.2) is 60.0 Å². The Morgan fingerprint density at radius 2 is 1.78 bits per heavy atom. The third-order valence-corrected chi connectivity index (χ3v) is 10.5. The topological polar surface area (TPSA) is 98.2 Å². The van der Waals surface area contributed by atoms with Gasteiger partial charge < -0.3 is 24.2 Å². The number of pyridine rings is 1. The number of carbonyl (C=O) groups excluding carboxylic acids is 1. The second-order valence-electron chi connectivity index (χ2n) is 13.6. The molecule has 2 aromatic rings. The number of amides is 1. The van der Waals surface area contributed by atoms with Crippen LogP contribution in [0.4, 0.5) is 5.69 Å². The van der Waals surface area contributed by atoms with Crippen LogP contribution in [0.15, 0.2) is 30.5 Å². The van der Waals surface area contributed by atoms with Crippen molar-refractivity contribution in [2.24, 2.45) is 17.3 Å². The van der Waals surface area contributed by atoms with Crippen molar-refractivity contribution in [1.29, 1.82) is 0 Å². The first kappa shape index (κ1) is 33.4. The van der Waals surface area contributed by atoms with E-state index in [9.17, 15) is 14.7 Å². The van der Waals surface area contributed by atoms with Gasteiger partial charge in [-0.15, -0.1) is 11.3 Å². The van der Waals surface area contributed by atoms with E-state index >= 15 is 0 Å². The number of hydrogen-bond donors (Lipinski definition) is 1. The van der Waals surface area contributed by atoms with Gasteiger partial charge in [-0.25, -0.2) is 9.78 Å². The molecule has 2 aromatic heterocycles. The Labute approximate surface area is 271 Å². The van der Waals surface area contributed by atoms with Crippen molar-refractivity contribution in [3.05, 3.63) is 40.2 Å². The number of thiophene rings is 1. The number of carboxylic acids is 1. The molecule has 5 rings (SSSR count). The van der Waals surface area contributed by atoms with E-state index in [0.717, 1.165) is 83.8 Å². The van der Waals surface area contributed by atoms with Crippen molar-refractivity contribution in [2.75, 3.05) is 24.7 Å². The van der Waals surface area contributed by atoms with Crippen LogP contribution in [0.1, 0.15) is 106 Å². The molecule has 1 N–H and O–H groups in total. The van der Waals surface area contributed by atoms with E-state index in [2.05, 4.69) is 37.6 Å². The monoisotopic (exact) mass is 636 g/mol. The molecule has 0 bridgehead atoms. The maximum atomic E-state index is 14.3. The van der Waals surface area contributed by atoms with E-state index in [1.54, 1.807) is 6.20 Å². The lowest BCUT2D eigenvalue weighted by Crippen LogP contribution is -2.47. The molecule has 0 unspecified atom stereocenters. The van der Waals surface area contributed by atoms with E-state index < -0.39 is 5.97 Å². The van der Waals surface area contributed by atoms with Gasteiger partial charge in [-0.3, -0.25) is 4.79 Å². The van der Waals surface area contributed by atoms with Crippen LogP contribution in [0.2, 0.25) is 0 Å². The number of aromatic nitrogens is 1. The van der Waals surface area contributed by atoms with Gasteiger partial charge in [0.1, 0.15) is 11.0 Å². The summed E-state index contributed by atoms with van der Waals surface area (Å²) in [5.41, 5.74) is 0.189. The van der Waals surface area contributed by atoms with E-state index in [4.69, 9.17) is 14.2 Å². The minimum atomic E-state index is -1.02. The Balaban J connectivity index is 1.33. The smallest absolute Gasteiger partial charge is 0.348 e. The number of rotatable bonds is 10. The van der Waals surface area contributed by atoms with Gasteiger partial charge in [-0.2, -0.15) is 0 Å². The van der Waals surface area contributed by atoms with E-state index in [-0.39, 0.29) is 40.4 Å². The number of nitrogens with zero attached hydrogens (tertiary/aromatic N) is 2. The molecule has 1 saturated heterocycles. The maximum Gasteiger partial charge on any atom is 0.348 e. The van der Waals surface area contributed by atoms with Gasteiger partial charge in [-0.1, -0.05) is 24.8 Å². The summed E-state index contributed by atoms with van der Waals surface area (Å²) < 4.78 is 17.6. The molecule has 3 aliphatic rings. The zero-order valence-corrected chi connectivity index (χ0v) is 27.8. The Morgan fingerprint density at radius 3 is 2.44 bits per heavy atom. The van der Waals surface area contributed by atoms with Gasteiger partial charge in [0.15, 0.2) is 0 Å². The standard InChI is InChI=1S/C36H48N2O6S/c1-25-7-9-26(10-8-25)34(39)38(27-11-13-29(14-12-27)44-32-6-4-5-20-37-32)31-24-30(45-33(31)35(40)41)15-18-36(2,3)19-23-43-28-16-21-42-22-17-28/h4-6,20,24-29H,7-14,16-17,19,21-23H2,1-3H3,(H,40,41)/t25-,26-,27-,29-. The summed E-state index contributed by atoms with van der Waals surface area (Å²) in [7, 11) is 0. The normalized spacial score (nSPS) is 24.3. The average Bonchev–Trinajstić information content (AvgIpc) is 3.47. The zero-order valence-electron chi connectivity index (χ0n) is 27.0. The second kappa shape index (κ2) is 15.6. The fourth-order valence-electron chi connectivity index (χ4n) is 6.60. The van der Waals surface area contributed by atoms with Crippen molar-refractivity contribution < 1.29 is 28.9 Å². The molecule has 0 aromatic carbocycles. The summed E-state index contributed by atoms with van der Waals surface area (Å²) in [4.78, 5) is 33.8. The van der Waals surface area contributed by atoms with Crippen LogP contribution in [-0.2, 0) is 14.3 Å². The van der Waals surface area contributed by atoms with Crippen molar-refractivity contribution >= 4 is 28.9 Å². The largest absolute Gasteiger partial charge is 0.477 e. The molecule has 2 saturated carbocycles. The molecule has 1 aliphatic heterocycles. The molecule has 0 atom stereocenters. The third-order valence-electron chi connectivity index (χ3n) is 9.48. The van der Waals surface area contributed by atoms with Crippen molar-refractivity contribution in [1.82, 2.24) is 4.98 Å². The highest BCUT2D eigenvalue weighted by Gasteiger charge is 2.38. The summed E-state index contributed by atoms with van der Waals surface area (Å²) >= 11 is 1.17. The van der Waals surface area contributed by atoms with E-state index in [0.29, 0.717) is 29.0 Å². The van der Waals surface area contributed by atoms with E-state index in [1.807, 2.05) is 29.2 Å². The summed E-state index contributed by atoms with van der Waals surface area (Å²) in [5.74, 6) is 6.82. The van der Waals surface area contributed by atoms with E-state index in [1.165, 1.54) is 11.3 Å². The highest BCUT2D eigenvalue weighted by atomic mass is 32.1. The quantitative estimate of drug-likeness (QED) is 0.272. The molecule has 244 valence electrons. The first-order valence-electron chi connectivity index (χ1n) is 16.7. The van der Waals surface area contributed by atoms with Crippen LogP contribution in [0.3, 0.4) is 0 Å². The Kier molecular flexibility index (Phi) is 11.6. The molecule has 3 fully saturated rings. The Hall–Kier alpha value is -2.93. The van der Waals surface area contributed by atoms with Gasteiger partial charge in [0.25, 0.3) is 0 Å². The number of ether oxygens (including phenoxy) is 3. The fourth-order valence-corrected chi connectivity index (χ4v) is 7.44. The Morgan fingerprint density at radius 1 is 1.04 bits per heavy atom. The SMILES string of the molecule is CC(C)(C#Cc1cc(N(C(=O)[C@H]2CC[C@H](C)CC2)[C@H]2CC[C@H](Oc3ccccn3)CC2)c(C(=O)O)s1)CCOC1CCOCC1. The van der Waals surface area contributed by atoms with Gasteiger partial charge in [0, 0.05) is 49.5 Å². The lowest BCUT2D eigenvalue weighted by atomic mass is 9.81. The number of carbonyl (C=O) groups is 2. The molecule has 8 nitrogen and oxygen atoms in total. The average molecular weight is 637 g/mol. The van der Waals surface area contributed by atoms with Gasteiger partial charge in [0.2, 0.25) is 11.8 Å². The van der Waals surface area contributed by atoms with Crippen LogP contribution < -0.4 is 9.64 Å². The zero-order chi connectivity index (χ0) is 31.8. The number of anilines is 1. The molecule has 0 spiro atoms. The van der Waals surface area contributed by atoms with Crippen molar-refractivity contribution in [3.63, 3.8) is 0 Å². The number of hydrogen-bond acceptors (Lipinski definition) is 7. The molecule has 1 amide bonds. The first-order valence-corrected chi connectivity index (χ1v) is 17.5. The van der Waals surface area contributed by atoms with Crippen molar-refractivity contribution in [3.8, 4) is 17.7 Å². The highest BCUT2D eigenvalue weighted by molar-refractivity contribution is 7.15. The van der Waals surface area contributed by atoms with Crippen LogP contribution >= 0.6 is 11.3 Å².